The van der Waals surface area contributed by atoms with Gasteiger partial charge in [0.05, 0.1) is 5.56 Å². The molecule has 136 valence electrons. The molecule has 0 bridgehead atoms. The number of halogens is 1. The molecule has 0 aliphatic carbocycles. The van der Waals surface area contributed by atoms with Crippen LogP contribution in [0.3, 0.4) is 0 Å². The van der Waals surface area contributed by atoms with Gasteiger partial charge in [0.1, 0.15) is 17.3 Å². The van der Waals surface area contributed by atoms with E-state index in [1.165, 1.54) is 10.9 Å². The van der Waals surface area contributed by atoms with Crippen molar-refractivity contribution in [2.75, 3.05) is 12.3 Å². The van der Waals surface area contributed by atoms with Crippen LogP contribution in [0.2, 0.25) is 0 Å². The van der Waals surface area contributed by atoms with Crippen molar-refractivity contribution in [1.82, 2.24) is 5.32 Å². The van der Waals surface area contributed by atoms with Crippen molar-refractivity contribution >= 4 is 29.0 Å². The van der Waals surface area contributed by atoms with E-state index in [1.807, 2.05) is 11.8 Å². The second kappa shape index (κ2) is 9.59. The van der Waals surface area contributed by atoms with Crippen LogP contribution in [0.5, 0.6) is 0 Å². The molecule has 0 atom stereocenters. The number of benzene rings is 1. The Morgan fingerprint density at radius 3 is 2.85 bits per heavy atom. The molecule has 0 saturated heterocycles. The van der Waals surface area contributed by atoms with Gasteiger partial charge in [-0.2, -0.15) is 11.8 Å². The summed E-state index contributed by atoms with van der Waals surface area (Å²) < 4.78 is 19.4. The van der Waals surface area contributed by atoms with Crippen molar-refractivity contribution < 1.29 is 13.6 Å². The Kier molecular flexibility index (Phi) is 6.91. The van der Waals surface area contributed by atoms with Gasteiger partial charge in [0.15, 0.2) is 0 Å². The van der Waals surface area contributed by atoms with Crippen molar-refractivity contribution in [1.29, 1.82) is 0 Å². The predicted octanol–water partition coefficient (Wildman–Crippen LogP) is 5.13. The predicted molar refractivity (Wildman–Crippen MR) is 106 cm³/mol. The molecule has 0 radical (unpaired) electrons. The van der Waals surface area contributed by atoms with E-state index in [-0.39, 0.29) is 11.7 Å². The molecule has 0 aliphatic rings. The summed E-state index contributed by atoms with van der Waals surface area (Å²) in [4.78, 5) is 13.3. The zero-order chi connectivity index (χ0) is 18.2. The molecule has 2 heterocycles. The monoisotopic (exact) mass is 389 g/mol. The van der Waals surface area contributed by atoms with Crippen LogP contribution in [-0.2, 0) is 17.0 Å². The quantitative estimate of drug-likeness (QED) is 0.516. The average molecular weight is 390 g/mol. The Morgan fingerprint density at radius 2 is 2.04 bits per heavy atom. The maximum atomic E-state index is 13.8. The third-order valence-corrected chi connectivity index (χ3v) is 5.86. The van der Waals surface area contributed by atoms with Gasteiger partial charge in [-0.1, -0.05) is 18.2 Å². The molecule has 3 aromatic rings. The van der Waals surface area contributed by atoms with E-state index in [9.17, 15) is 9.18 Å². The summed E-state index contributed by atoms with van der Waals surface area (Å²) in [5, 5.41) is 5.00. The Bertz CT molecular complexity index is 830. The first-order valence-electron chi connectivity index (χ1n) is 8.43. The van der Waals surface area contributed by atoms with E-state index in [2.05, 4.69) is 22.8 Å². The summed E-state index contributed by atoms with van der Waals surface area (Å²) in [6.45, 7) is 0.660. The summed E-state index contributed by atoms with van der Waals surface area (Å²) in [7, 11) is 0. The lowest BCUT2D eigenvalue weighted by atomic mass is 10.1. The summed E-state index contributed by atoms with van der Waals surface area (Å²) >= 11 is 3.56. The molecular weight excluding hydrogens is 369 g/mol. The van der Waals surface area contributed by atoms with E-state index >= 15 is 0 Å². The molecule has 1 aromatic carbocycles. The second-order valence-electron chi connectivity index (χ2n) is 5.73. The van der Waals surface area contributed by atoms with E-state index in [4.69, 9.17) is 4.42 Å². The molecule has 0 saturated carbocycles. The summed E-state index contributed by atoms with van der Waals surface area (Å²) in [5.74, 6) is 2.74. The number of hydrogen-bond donors (Lipinski definition) is 1. The van der Waals surface area contributed by atoms with Gasteiger partial charge >= 0.3 is 0 Å². The highest BCUT2D eigenvalue weighted by atomic mass is 32.2. The minimum atomic E-state index is -0.314. The van der Waals surface area contributed by atoms with Gasteiger partial charge in [-0.15, -0.1) is 11.3 Å². The number of nitrogens with one attached hydrogen (secondary N) is 1. The number of furan rings is 1. The normalized spacial score (nSPS) is 10.8. The molecule has 3 nitrogen and oxygen atoms in total. The summed E-state index contributed by atoms with van der Waals surface area (Å²) in [5.41, 5.74) is 0.436. The van der Waals surface area contributed by atoms with Gasteiger partial charge in [-0.3, -0.25) is 4.79 Å². The lowest BCUT2D eigenvalue weighted by Crippen LogP contribution is -2.25. The third-order valence-electron chi connectivity index (χ3n) is 3.79. The number of thioether (sulfide) groups is 1. The highest BCUT2D eigenvalue weighted by Crippen LogP contribution is 2.25. The highest BCUT2D eigenvalue weighted by molar-refractivity contribution is 7.98. The van der Waals surface area contributed by atoms with E-state index in [0.29, 0.717) is 36.5 Å². The number of carbonyl (C=O) groups excluding carboxylic acids is 1. The first-order valence-corrected chi connectivity index (χ1v) is 10.5. The van der Waals surface area contributed by atoms with Crippen molar-refractivity contribution in [2.24, 2.45) is 0 Å². The number of hydrogen-bond acceptors (Lipinski definition) is 4. The van der Waals surface area contributed by atoms with Gasteiger partial charge in [0.2, 0.25) is 5.91 Å². The van der Waals surface area contributed by atoms with Crippen LogP contribution in [-0.4, -0.2) is 18.2 Å². The Hall–Kier alpha value is -2.05. The number of rotatable bonds is 9. The molecular formula is C20H20FNO2S2. The van der Waals surface area contributed by atoms with Crippen molar-refractivity contribution in [3.05, 3.63) is 70.4 Å². The SMILES string of the molecule is O=C(CCc1ccc(-c2ccccc2F)o1)NCCSCc1cccs1. The van der Waals surface area contributed by atoms with Gasteiger partial charge < -0.3 is 9.73 Å². The average Bonchev–Trinajstić information content (AvgIpc) is 3.32. The van der Waals surface area contributed by atoms with Crippen molar-refractivity contribution in [3.8, 4) is 11.3 Å². The van der Waals surface area contributed by atoms with Gasteiger partial charge in [-0.05, 0) is 35.7 Å². The van der Waals surface area contributed by atoms with E-state index in [1.54, 1.807) is 41.7 Å². The molecule has 0 unspecified atom stereocenters. The smallest absolute Gasteiger partial charge is 0.220 e. The molecule has 0 spiro atoms. The number of carbonyl (C=O) groups is 1. The maximum Gasteiger partial charge on any atom is 0.220 e. The van der Waals surface area contributed by atoms with Gasteiger partial charge in [-0.25, -0.2) is 4.39 Å². The van der Waals surface area contributed by atoms with Crippen molar-refractivity contribution in [2.45, 2.75) is 18.6 Å². The van der Waals surface area contributed by atoms with Crippen LogP contribution in [0.4, 0.5) is 4.39 Å². The Morgan fingerprint density at radius 1 is 1.15 bits per heavy atom. The highest BCUT2D eigenvalue weighted by Gasteiger charge is 2.10. The van der Waals surface area contributed by atoms with Gasteiger partial charge in [0.25, 0.3) is 0 Å². The number of thiophene rings is 1. The first-order chi connectivity index (χ1) is 12.7. The molecule has 1 N–H and O–H groups in total. The fraction of sp³-hybridized carbons (Fsp3) is 0.250. The van der Waals surface area contributed by atoms with Crippen LogP contribution in [0.15, 0.2) is 58.3 Å². The molecule has 3 rings (SSSR count). The fourth-order valence-electron chi connectivity index (χ4n) is 2.47. The van der Waals surface area contributed by atoms with Crippen LogP contribution in [0, 0.1) is 5.82 Å². The number of amides is 1. The van der Waals surface area contributed by atoms with Crippen LogP contribution < -0.4 is 5.32 Å². The van der Waals surface area contributed by atoms with Crippen LogP contribution in [0.25, 0.3) is 11.3 Å². The summed E-state index contributed by atoms with van der Waals surface area (Å²) in [6, 6.07) is 14.2. The largest absolute Gasteiger partial charge is 0.461 e. The first kappa shape index (κ1) is 18.7. The molecule has 6 heteroatoms. The molecule has 2 aromatic heterocycles. The Balaban J connectivity index is 1.36. The zero-order valence-corrected chi connectivity index (χ0v) is 15.9. The van der Waals surface area contributed by atoms with E-state index < -0.39 is 0 Å². The van der Waals surface area contributed by atoms with E-state index in [0.717, 1.165) is 11.5 Å². The molecule has 0 fully saturated rings. The number of aryl methyl sites for hydroxylation is 1. The molecule has 1 amide bonds. The topological polar surface area (TPSA) is 42.2 Å². The fourth-order valence-corrected chi connectivity index (χ4v) is 4.17. The van der Waals surface area contributed by atoms with Gasteiger partial charge in [0, 0.05) is 35.8 Å². The standard InChI is InChI=1S/C20H20FNO2S2/c21-18-6-2-1-5-17(18)19-9-7-15(24-19)8-10-20(23)22-11-13-25-14-16-4-3-12-26-16/h1-7,9,12H,8,10-11,13-14H2,(H,22,23). The van der Waals surface area contributed by atoms with Crippen molar-refractivity contribution in [3.63, 3.8) is 0 Å². The van der Waals surface area contributed by atoms with Crippen LogP contribution >= 0.6 is 23.1 Å². The lowest BCUT2D eigenvalue weighted by molar-refractivity contribution is -0.121. The maximum absolute atomic E-state index is 13.8. The minimum absolute atomic E-state index is 0.00515. The Labute approximate surface area is 160 Å². The zero-order valence-electron chi connectivity index (χ0n) is 14.2. The second-order valence-corrected chi connectivity index (χ2v) is 7.87. The molecule has 26 heavy (non-hydrogen) atoms. The molecule has 0 aliphatic heterocycles. The lowest BCUT2D eigenvalue weighted by Gasteiger charge is -2.04. The minimum Gasteiger partial charge on any atom is -0.461 e. The third kappa shape index (κ3) is 5.47. The van der Waals surface area contributed by atoms with Crippen LogP contribution in [0.1, 0.15) is 17.1 Å². The summed E-state index contributed by atoms with van der Waals surface area (Å²) in [6.07, 6.45) is 0.864.